The zero-order valence-corrected chi connectivity index (χ0v) is 10.8. The first-order chi connectivity index (χ1) is 8.70. The minimum absolute atomic E-state index is 0.00557. The smallest absolute Gasteiger partial charge is 0.246 e. The van der Waals surface area contributed by atoms with Crippen LogP contribution in [-0.4, -0.2) is 17.4 Å². The Morgan fingerprint density at radius 1 is 1.39 bits per heavy atom. The molecule has 94 valence electrons. The van der Waals surface area contributed by atoms with E-state index in [1.165, 1.54) is 0 Å². The van der Waals surface area contributed by atoms with Crippen LogP contribution < -0.4 is 5.32 Å². The van der Waals surface area contributed by atoms with Gasteiger partial charge in [0.05, 0.1) is 0 Å². The first-order valence-electron chi connectivity index (χ1n) is 6.24. The summed E-state index contributed by atoms with van der Waals surface area (Å²) >= 11 is 0. The molecule has 1 amide bonds. The number of nitrogens with one attached hydrogen (secondary N) is 2. The van der Waals surface area contributed by atoms with E-state index in [4.69, 9.17) is 0 Å². The summed E-state index contributed by atoms with van der Waals surface area (Å²) in [5.41, 5.74) is 2.89. The molecule has 0 saturated carbocycles. The fourth-order valence-corrected chi connectivity index (χ4v) is 1.86. The highest BCUT2D eigenvalue weighted by atomic mass is 16.1. The number of fused-ring (bicyclic) bond motifs is 1. The number of aromatic nitrogens is 1. The maximum absolute atomic E-state index is 11.7. The Labute approximate surface area is 107 Å². The molecule has 3 nitrogen and oxygen atoms in total. The monoisotopic (exact) mass is 242 g/mol. The molecular formula is C15H18N2O. The molecule has 1 aromatic heterocycles. The van der Waals surface area contributed by atoms with Gasteiger partial charge in [-0.3, -0.25) is 4.79 Å². The molecule has 1 aromatic carbocycles. The van der Waals surface area contributed by atoms with Crippen molar-refractivity contribution in [3.63, 3.8) is 0 Å². The molecule has 1 heterocycles. The van der Waals surface area contributed by atoms with Crippen LogP contribution in [0.5, 0.6) is 0 Å². The van der Waals surface area contributed by atoms with Crippen molar-refractivity contribution in [2.75, 3.05) is 6.54 Å². The lowest BCUT2D eigenvalue weighted by Gasteiger charge is -2.03. The Hall–Kier alpha value is -2.03. The Morgan fingerprint density at radius 2 is 2.22 bits per heavy atom. The highest BCUT2D eigenvalue weighted by Crippen LogP contribution is 2.16. The molecule has 0 bridgehead atoms. The molecule has 2 N–H and O–H groups in total. The standard InChI is InChI=1S/C15H18N2O/c1-3-7-17-15(18)11(2)9-12-4-5-14-13(10-12)6-8-16-14/h4-6,8-10,16H,3,7H2,1-2H3,(H,17,18)/b11-9+. The van der Waals surface area contributed by atoms with E-state index < -0.39 is 0 Å². The summed E-state index contributed by atoms with van der Waals surface area (Å²) in [5, 5.41) is 4.03. The predicted octanol–water partition coefficient (Wildman–Crippen LogP) is 3.10. The number of aromatic amines is 1. The molecule has 0 aliphatic rings. The number of carbonyl (C=O) groups excluding carboxylic acids is 1. The van der Waals surface area contributed by atoms with Crippen LogP contribution in [0.15, 0.2) is 36.0 Å². The first kappa shape index (κ1) is 12.4. The molecule has 0 radical (unpaired) electrons. The van der Waals surface area contributed by atoms with Gasteiger partial charge in [0.1, 0.15) is 0 Å². The lowest BCUT2D eigenvalue weighted by atomic mass is 10.1. The Kier molecular flexibility index (Phi) is 3.82. The largest absolute Gasteiger partial charge is 0.361 e. The lowest BCUT2D eigenvalue weighted by molar-refractivity contribution is -0.117. The second-order valence-corrected chi connectivity index (χ2v) is 4.41. The third kappa shape index (κ3) is 2.80. The third-order valence-electron chi connectivity index (χ3n) is 2.85. The topological polar surface area (TPSA) is 44.9 Å². The number of rotatable bonds is 4. The van der Waals surface area contributed by atoms with Gasteiger partial charge in [0.15, 0.2) is 0 Å². The number of benzene rings is 1. The molecule has 3 heteroatoms. The average Bonchev–Trinajstić information content (AvgIpc) is 2.83. The SMILES string of the molecule is CCCNC(=O)/C(C)=C/c1ccc2[nH]ccc2c1. The van der Waals surface area contributed by atoms with Crippen molar-refractivity contribution in [1.29, 1.82) is 0 Å². The van der Waals surface area contributed by atoms with E-state index in [-0.39, 0.29) is 5.91 Å². The molecule has 0 unspecified atom stereocenters. The lowest BCUT2D eigenvalue weighted by Crippen LogP contribution is -2.24. The summed E-state index contributed by atoms with van der Waals surface area (Å²) < 4.78 is 0. The van der Waals surface area contributed by atoms with Gasteiger partial charge in [-0.05, 0) is 48.6 Å². The van der Waals surface area contributed by atoms with Gasteiger partial charge in [0.25, 0.3) is 0 Å². The summed E-state index contributed by atoms with van der Waals surface area (Å²) in [6.07, 6.45) is 4.78. The van der Waals surface area contributed by atoms with E-state index >= 15 is 0 Å². The van der Waals surface area contributed by atoms with E-state index in [1.807, 2.05) is 44.3 Å². The van der Waals surface area contributed by atoms with Crippen LogP contribution in [-0.2, 0) is 4.79 Å². The van der Waals surface area contributed by atoms with Gasteiger partial charge in [-0.1, -0.05) is 13.0 Å². The van der Waals surface area contributed by atoms with Crippen molar-refractivity contribution in [2.24, 2.45) is 0 Å². The van der Waals surface area contributed by atoms with Gasteiger partial charge in [0, 0.05) is 23.8 Å². The van der Waals surface area contributed by atoms with Gasteiger partial charge < -0.3 is 10.3 Å². The van der Waals surface area contributed by atoms with Crippen molar-refractivity contribution in [2.45, 2.75) is 20.3 Å². The molecule has 18 heavy (non-hydrogen) atoms. The summed E-state index contributed by atoms with van der Waals surface area (Å²) in [4.78, 5) is 14.9. The molecule has 0 aliphatic heterocycles. The molecular weight excluding hydrogens is 224 g/mol. The minimum atomic E-state index is 0.00557. The third-order valence-corrected chi connectivity index (χ3v) is 2.85. The van der Waals surface area contributed by atoms with Crippen LogP contribution in [0.3, 0.4) is 0 Å². The molecule has 2 rings (SSSR count). The van der Waals surface area contributed by atoms with E-state index in [0.29, 0.717) is 0 Å². The van der Waals surface area contributed by atoms with Gasteiger partial charge in [-0.15, -0.1) is 0 Å². The van der Waals surface area contributed by atoms with E-state index in [2.05, 4.69) is 16.4 Å². The van der Waals surface area contributed by atoms with Crippen molar-refractivity contribution in [3.05, 3.63) is 41.6 Å². The highest BCUT2D eigenvalue weighted by molar-refractivity contribution is 5.97. The van der Waals surface area contributed by atoms with Crippen LogP contribution in [0.4, 0.5) is 0 Å². The highest BCUT2D eigenvalue weighted by Gasteiger charge is 2.03. The zero-order chi connectivity index (χ0) is 13.0. The fraction of sp³-hybridized carbons (Fsp3) is 0.267. The van der Waals surface area contributed by atoms with Crippen molar-refractivity contribution in [1.82, 2.24) is 10.3 Å². The number of hydrogen-bond donors (Lipinski definition) is 2. The van der Waals surface area contributed by atoms with Gasteiger partial charge in [-0.25, -0.2) is 0 Å². The predicted molar refractivity (Wildman–Crippen MR) is 75.3 cm³/mol. The van der Waals surface area contributed by atoms with E-state index in [1.54, 1.807) is 0 Å². The summed E-state index contributed by atoms with van der Waals surface area (Å²) in [6, 6.07) is 8.13. The van der Waals surface area contributed by atoms with Gasteiger partial charge in [-0.2, -0.15) is 0 Å². The van der Waals surface area contributed by atoms with E-state index in [9.17, 15) is 4.79 Å². The quantitative estimate of drug-likeness (QED) is 0.795. The number of carbonyl (C=O) groups is 1. The second-order valence-electron chi connectivity index (χ2n) is 4.41. The first-order valence-corrected chi connectivity index (χ1v) is 6.24. The number of H-pyrrole nitrogens is 1. The Bertz CT molecular complexity index is 581. The summed E-state index contributed by atoms with van der Waals surface area (Å²) in [5.74, 6) is 0.00557. The molecule has 0 saturated heterocycles. The zero-order valence-electron chi connectivity index (χ0n) is 10.8. The van der Waals surface area contributed by atoms with Gasteiger partial charge in [0.2, 0.25) is 5.91 Å². The van der Waals surface area contributed by atoms with Crippen LogP contribution >= 0.6 is 0 Å². The van der Waals surface area contributed by atoms with Crippen molar-refractivity contribution < 1.29 is 4.79 Å². The summed E-state index contributed by atoms with van der Waals surface area (Å²) in [6.45, 7) is 4.60. The normalized spacial score (nSPS) is 11.8. The minimum Gasteiger partial charge on any atom is -0.361 e. The van der Waals surface area contributed by atoms with Crippen LogP contribution in [0, 0.1) is 0 Å². The Balaban J connectivity index is 2.17. The second kappa shape index (κ2) is 5.54. The Morgan fingerprint density at radius 3 is 3.00 bits per heavy atom. The summed E-state index contributed by atoms with van der Waals surface area (Å²) in [7, 11) is 0. The molecule has 0 atom stereocenters. The number of hydrogen-bond acceptors (Lipinski definition) is 1. The molecule has 0 fully saturated rings. The van der Waals surface area contributed by atoms with Crippen LogP contribution in [0.2, 0.25) is 0 Å². The van der Waals surface area contributed by atoms with Crippen LogP contribution in [0.1, 0.15) is 25.8 Å². The molecule has 2 aromatic rings. The average molecular weight is 242 g/mol. The maximum atomic E-state index is 11.7. The van der Waals surface area contributed by atoms with Gasteiger partial charge >= 0.3 is 0 Å². The fourth-order valence-electron chi connectivity index (χ4n) is 1.86. The van der Waals surface area contributed by atoms with E-state index in [0.717, 1.165) is 35.0 Å². The number of amides is 1. The van der Waals surface area contributed by atoms with Crippen molar-refractivity contribution >= 4 is 22.9 Å². The van der Waals surface area contributed by atoms with Crippen LogP contribution in [0.25, 0.3) is 17.0 Å². The molecule has 0 spiro atoms. The molecule has 0 aliphatic carbocycles. The van der Waals surface area contributed by atoms with Crippen molar-refractivity contribution in [3.8, 4) is 0 Å². The maximum Gasteiger partial charge on any atom is 0.246 e.